The summed E-state index contributed by atoms with van der Waals surface area (Å²) in [5.41, 5.74) is 4.37. The van der Waals surface area contributed by atoms with Crippen molar-refractivity contribution in [1.29, 1.82) is 0 Å². The molecule has 2 rings (SSSR count). The summed E-state index contributed by atoms with van der Waals surface area (Å²) >= 11 is 5.15. The third kappa shape index (κ3) is 1.29. The Morgan fingerprint density at radius 2 is 2.25 bits per heavy atom. The van der Waals surface area contributed by atoms with Crippen LogP contribution >= 0.6 is 15.9 Å². The maximum atomic E-state index is 3.57. The van der Waals surface area contributed by atoms with Crippen LogP contribution in [0.2, 0.25) is 0 Å². The first-order chi connectivity index (χ1) is 5.70. The number of benzene rings is 1. The minimum Gasteiger partial charge on any atom is -1.00 e. The SMILES string of the molecule is CC1=Cc2c(Br)cccc2[CH]1[Zr+3].[H-].[H-].[H-]. The van der Waals surface area contributed by atoms with Gasteiger partial charge in [-0.05, 0) is 0 Å². The Balaban J connectivity index is 0. The number of halogens is 1. The molecule has 0 aliphatic heterocycles. The molecule has 0 aromatic heterocycles. The third-order valence-corrected chi connectivity index (χ3v) is 4.80. The van der Waals surface area contributed by atoms with Gasteiger partial charge in [0, 0.05) is 0 Å². The topological polar surface area (TPSA) is 0 Å². The third-order valence-electron chi connectivity index (χ3n) is 2.22. The van der Waals surface area contributed by atoms with Crippen molar-refractivity contribution >= 4 is 22.0 Å². The van der Waals surface area contributed by atoms with Crippen molar-refractivity contribution in [1.82, 2.24) is 0 Å². The zero-order valence-corrected chi connectivity index (χ0v) is 10.8. The average molecular weight is 302 g/mol. The standard InChI is InChI=1S/C10H8Br.Zr.3H/c1-7-5-8-3-2-4-10(11)9(8)6-7;;;;/h2-6H,1H3;;;;/q;+3;3*-1. The molecular weight excluding hydrogens is 291 g/mol. The first-order valence-electron chi connectivity index (χ1n) is 3.88. The van der Waals surface area contributed by atoms with Crippen molar-refractivity contribution in [3.8, 4) is 0 Å². The van der Waals surface area contributed by atoms with E-state index in [-0.39, 0.29) is 4.28 Å². The average Bonchev–Trinajstić information content (AvgIpc) is 2.32. The van der Waals surface area contributed by atoms with Crippen molar-refractivity contribution in [2.75, 3.05) is 0 Å². The number of fused-ring (bicyclic) bond motifs is 1. The van der Waals surface area contributed by atoms with E-state index in [9.17, 15) is 0 Å². The van der Waals surface area contributed by atoms with Crippen molar-refractivity contribution in [2.24, 2.45) is 0 Å². The molecule has 0 N–H and O–H groups in total. The normalized spacial score (nSPS) is 20.7. The molecule has 0 bridgehead atoms. The molecule has 1 aromatic rings. The van der Waals surface area contributed by atoms with Crippen LogP contribution in [0.3, 0.4) is 0 Å². The quantitative estimate of drug-likeness (QED) is 0.684. The fraction of sp³-hybridized carbons (Fsp3) is 0.200. The van der Waals surface area contributed by atoms with E-state index in [4.69, 9.17) is 0 Å². The van der Waals surface area contributed by atoms with E-state index < -0.39 is 0 Å². The second kappa shape index (κ2) is 3.23. The van der Waals surface area contributed by atoms with Crippen LogP contribution in [0.1, 0.15) is 26.0 Å². The number of allylic oxidation sites excluding steroid dienone is 1. The van der Waals surface area contributed by atoms with Crippen LogP contribution in [0.15, 0.2) is 28.2 Å². The molecule has 0 heterocycles. The van der Waals surface area contributed by atoms with Crippen molar-refractivity contribution in [3.05, 3.63) is 39.4 Å². The predicted octanol–water partition coefficient (Wildman–Crippen LogP) is 3.79. The van der Waals surface area contributed by atoms with Gasteiger partial charge in [0.1, 0.15) is 0 Å². The van der Waals surface area contributed by atoms with E-state index in [0.717, 1.165) is 0 Å². The molecule has 1 unspecified atom stereocenters. The Labute approximate surface area is 100 Å². The Morgan fingerprint density at radius 1 is 1.50 bits per heavy atom. The van der Waals surface area contributed by atoms with Gasteiger partial charge in [-0.2, -0.15) is 0 Å². The Kier molecular flexibility index (Phi) is 2.40. The van der Waals surface area contributed by atoms with Gasteiger partial charge < -0.3 is 4.28 Å². The Morgan fingerprint density at radius 3 is 2.92 bits per heavy atom. The molecule has 1 aliphatic carbocycles. The van der Waals surface area contributed by atoms with Crippen molar-refractivity contribution in [3.63, 3.8) is 0 Å². The molecule has 2 heteroatoms. The van der Waals surface area contributed by atoms with Gasteiger partial charge >= 0.3 is 96.6 Å². The molecule has 62 valence electrons. The molecule has 0 saturated heterocycles. The molecule has 1 aliphatic rings. The molecule has 1 aromatic carbocycles. The molecular formula is C10H11BrZr. The molecule has 0 radical (unpaired) electrons. The van der Waals surface area contributed by atoms with E-state index >= 15 is 0 Å². The van der Waals surface area contributed by atoms with Crippen LogP contribution in [-0.4, -0.2) is 0 Å². The largest absolute Gasteiger partial charge is 1.00 e. The van der Waals surface area contributed by atoms with Crippen LogP contribution in [0, 0.1) is 0 Å². The van der Waals surface area contributed by atoms with Crippen LogP contribution in [-0.2, 0) is 24.7 Å². The van der Waals surface area contributed by atoms with Gasteiger partial charge in [0.05, 0.1) is 0 Å². The van der Waals surface area contributed by atoms with Gasteiger partial charge in [0.25, 0.3) is 0 Å². The summed E-state index contributed by atoms with van der Waals surface area (Å²) in [7, 11) is 0. The van der Waals surface area contributed by atoms with E-state index in [2.05, 4.69) is 47.1 Å². The molecule has 12 heavy (non-hydrogen) atoms. The number of hydrogen-bond acceptors (Lipinski definition) is 0. The monoisotopic (exact) mass is 300 g/mol. The summed E-state index contributed by atoms with van der Waals surface area (Å²) < 4.78 is 1.91. The van der Waals surface area contributed by atoms with Gasteiger partial charge in [-0.3, -0.25) is 0 Å². The van der Waals surface area contributed by atoms with Crippen LogP contribution in [0.4, 0.5) is 0 Å². The summed E-state index contributed by atoms with van der Waals surface area (Å²) in [6, 6.07) is 6.45. The zero-order valence-electron chi connectivity index (χ0n) is 9.76. The van der Waals surface area contributed by atoms with Crippen molar-refractivity contribution in [2.45, 2.75) is 10.5 Å². The number of hydrogen-bond donors (Lipinski definition) is 0. The maximum absolute atomic E-state index is 3.57. The van der Waals surface area contributed by atoms with E-state index in [1.807, 2.05) is 0 Å². The molecule has 0 spiro atoms. The maximum Gasteiger partial charge on any atom is -1.00 e. The van der Waals surface area contributed by atoms with Gasteiger partial charge in [-0.15, -0.1) is 0 Å². The molecule has 0 amide bonds. The Bertz CT molecular complexity index is 366. The summed E-state index contributed by atoms with van der Waals surface area (Å²) in [4.78, 5) is 0. The fourth-order valence-electron chi connectivity index (χ4n) is 1.51. The predicted molar refractivity (Wildman–Crippen MR) is 53.9 cm³/mol. The molecule has 0 saturated carbocycles. The first-order valence-corrected chi connectivity index (χ1v) is 6.09. The van der Waals surface area contributed by atoms with E-state index in [1.165, 1.54) is 21.2 Å². The Hall–Kier alpha value is 0.323. The van der Waals surface area contributed by atoms with Crippen LogP contribution < -0.4 is 0 Å². The van der Waals surface area contributed by atoms with Crippen LogP contribution in [0.25, 0.3) is 6.08 Å². The van der Waals surface area contributed by atoms with Gasteiger partial charge in [-0.25, -0.2) is 0 Å². The smallest absolute Gasteiger partial charge is 1.00 e. The zero-order chi connectivity index (χ0) is 8.72. The summed E-state index contributed by atoms with van der Waals surface area (Å²) in [5.74, 6) is 0. The molecule has 0 fully saturated rings. The summed E-state index contributed by atoms with van der Waals surface area (Å²) in [5, 5.41) is 0. The van der Waals surface area contributed by atoms with Crippen molar-refractivity contribution < 1.29 is 29.0 Å². The molecule has 0 nitrogen and oxygen atoms in total. The van der Waals surface area contributed by atoms with E-state index in [1.54, 1.807) is 24.7 Å². The van der Waals surface area contributed by atoms with Crippen LogP contribution in [0.5, 0.6) is 0 Å². The summed E-state index contributed by atoms with van der Waals surface area (Å²) in [6.07, 6.45) is 2.29. The first kappa shape index (κ1) is 8.90. The second-order valence-electron chi connectivity index (χ2n) is 3.06. The van der Waals surface area contributed by atoms with E-state index in [0.29, 0.717) is 3.63 Å². The second-order valence-corrected chi connectivity index (χ2v) is 5.34. The van der Waals surface area contributed by atoms with Gasteiger partial charge in [-0.1, -0.05) is 0 Å². The summed E-state index contributed by atoms with van der Waals surface area (Å²) in [6.45, 7) is 2.21. The number of rotatable bonds is 0. The van der Waals surface area contributed by atoms with Gasteiger partial charge in [0.2, 0.25) is 0 Å². The molecule has 1 atom stereocenters. The van der Waals surface area contributed by atoms with Gasteiger partial charge in [0.15, 0.2) is 0 Å². The fourth-order valence-corrected chi connectivity index (χ4v) is 2.83. The minimum absolute atomic E-state index is 0. The minimum atomic E-state index is 0.